The normalized spacial score (nSPS) is 40.4. The van der Waals surface area contributed by atoms with Crippen LogP contribution in [0.3, 0.4) is 0 Å². The third kappa shape index (κ3) is 17.3. The molecule has 3 aliphatic heterocycles. The molecule has 9 atom stereocenters. The van der Waals surface area contributed by atoms with Crippen LogP contribution in [0.15, 0.2) is 36.5 Å². The average molecular weight is 1330 g/mol. The summed E-state index contributed by atoms with van der Waals surface area (Å²) in [6, 6.07) is 6.71. The lowest BCUT2D eigenvalue weighted by molar-refractivity contribution is 0.00635. The molecule has 6 aliphatic carbocycles. The van der Waals surface area contributed by atoms with E-state index in [1.54, 1.807) is 0 Å². The van der Waals surface area contributed by atoms with Gasteiger partial charge in [-0.25, -0.2) is 0 Å². The zero-order chi connectivity index (χ0) is 60.4. The van der Waals surface area contributed by atoms with E-state index in [-0.39, 0.29) is 41.4 Å². The monoisotopic (exact) mass is 1320 g/mol. The molecule has 10 bridgehead atoms. The van der Waals surface area contributed by atoms with E-state index in [1.165, 1.54) is 38.5 Å². The van der Waals surface area contributed by atoms with Gasteiger partial charge < -0.3 is 49.4 Å². The van der Waals surface area contributed by atoms with Crippen molar-refractivity contribution in [3.63, 3.8) is 0 Å². The maximum absolute atomic E-state index is 8.54. The second kappa shape index (κ2) is 26.1. The summed E-state index contributed by atoms with van der Waals surface area (Å²) in [5.41, 5.74) is 0. The van der Waals surface area contributed by atoms with E-state index >= 15 is 0 Å². The van der Waals surface area contributed by atoms with Crippen LogP contribution < -0.4 is 0 Å². The lowest BCUT2D eigenvalue weighted by Gasteiger charge is -2.60. The van der Waals surface area contributed by atoms with Crippen molar-refractivity contribution in [2.75, 3.05) is 0 Å². The molecule has 83 heavy (non-hydrogen) atoms. The van der Waals surface area contributed by atoms with Gasteiger partial charge in [0.1, 0.15) is 0 Å². The minimum absolute atomic E-state index is 0.102. The zero-order valence-corrected chi connectivity index (χ0v) is 66.0. The van der Waals surface area contributed by atoms with Crippen LogP contribution in [0.25, 0.3) is 0 Å². The van der Waals surface area contributed by atoms with Crippen LogP contribution in [-0.2, 0) is 49.4 Å². The summed E-state index contributed by atoms with van der Waals surface area (Å²) in [5, 5.41) is 0. The van der Waals surface area contributed by atoms with Crippen molar-refractivity contribution in [1.29, 1.82) is 0 Å². The second-order valence-corrected chi connectivity index (χ2v) is 67.5. The van der Waals surface area contributed by atoms with Gasteiger partial charge in [0.25, 0.3) is 0 Å². The van der Waals surface area contributed by atoms with Gasteiger partial charge in [0.05, 0.1) is 0 Å². The van der Waals surface area contributed by atoms with Gasteiger partial charge in [-0.3, -0.25) is 0 Å². The van der Waals surface area contributed by atoms with Crippen molar-refractivity contribution in [3.8, 4) is 0 Å². The summed E-state index contributed by atoms with van der Waals surface area (Å²) in [6.07, 6.45) is 26.0. The number of hydrogen-bond donors (Lipinski definition) is 0. The predicted octanol–water partition coefficient (Wildman–Crippen LogP) is 17.8. The van der Waals surface area contributed by atoms with Gasteiger partial charge in [-0.05, 0) is 191 Å². The summed E-state index contributed by atoms with van der Waals surface area (Å²) in [5.74, 6) is 6.96. The van der Waals surface area contributed by atoms with E-state index < -0.39 is 86.6 Å². The Morgan fingerprint density at radius 3 is 0.711 bits per heavy atom. The standard InChI is InChI=1S/C61H120O12Si10/c1-46(2)39-77(62-74(15,16)30-27-59-36-53-21-24-56(59)33-53)65-80(42-49(7)8)67-78(40-47(3)4,63-75(17,18)31-28-60-37-54-22-25-57(60)34-54)69-82(44-51(11)12)70-79(41-48(5)6,64-76(19,20)32-29-61-38-55-23-26-58(61)35-55)68-81(66-77,43-50(9)10)72-83(71-80,73-82)45-52(13)14/h21-26,46-61H,27-45H2,1-20H3. The summed E-state index contributed by atoms with van der Waals surface area (Å²) in [7, 11) is -36.8. The molecule has 12 nitrogen and oxygen atoms in total. The molecule has 3 heterocycles. The van der Waals surface area contributed by atoms with Gasteiger partial charge in [-0.2, -0.15) is 0 Å². The van der Waals surface area contributed by atoms with E-state index in [0.717, 1.165) is 37.4 Å². The Labute approximate surface area is 518 Å². The fourth-order valence-electron chi connectivity index (χ4n) is 16.6. The topological polar surface area (TPSA) is 111 Å². The molecule has 3 saturated heterocycles. The van der Waals surface area contributed by atoms with Gasteiger partial charge in [-0.15, -0.1) is 0 Å². The fourth-order valence-corrected chi connectivity index (χ4v) is 73.6. The summed E-state index contributed by atoms with van der Waals surface area (Å²) < 4.78 is 101. The summed E-state index contributed by atoms with van der Waals surface area (Å²) in [4.78, 5) is 0. The Hall–Kier alpha value is 0.909. The molecule has 0 N–H and O–H groups in total. The molecule has 22 heteroatoms. The van der Waals surface area contributed by atoms with Crippen LogP contribution in [-0.4, -0.2) is 86.6 Å². The molecule has 476 valence electrons. The van der Waals surface area contributed by atoms with E-state index in [1.807, 2.05) is 0 Å². The van der Waals surface area contributed by atoms with Crippen molar-refractivity contribution >= 4 is 86.6 Å². The minimum Gasteiger partial charge on any atom is -0.416 e. The minimum atomic E-state index is -4.17. The smallest absolute Gasteiger partial charge is 0.416 e. The number of hydrogen-bond acceptors (Lipinski definition) is 12. The number of allylic oxidation sites excluding steroid dienone is 6. The first-order chi connectivity index (χ1) is 38.5. The highest BCUT2D eigenvalue weighted by atomic mass is 28.6. The van der Waals surface area contributed by atoms with Gasteiger partial charge in [-0.1, -0.05) is 153 Å². The van der Waals surface area contributed by atoms with E-state index in [2.05, 4.69) is 173 Å². The molecule has 0 spiro atoms. The van der Waals surface area contributed by atoms with Crippen LogP contribution >= 0.6 is 0 Å². The molecule has 0 radical (unpaired) electrons. The molecular weight excluding hydrogens is 1210 g/mol. The molecule has 0 aromatic rings. The van der Waals surface area contributed by atoms with Crippen molar-refractivity contribution in [1.82, 2.24) is 0 Å². The highest BCUT2D eigenvalue weighted by Crippen LogP contribution is 2.55. The van der Waals surface area contributed by atoms with Crippen molar-refractivity contribution in [2.24, 2.45) is 94.7 Å². The Kier molecular flexibility index (Phi) is 21.5. The maximum Gasteiger partial charge on any atom is 0.479 e. The van der Waals surface area contributed by atoms with Gasteiger partial charge in [0.15, 0.2) is 25.0 Å². The molecule has 9 rings (SSSR count). The fraction of sp³-hybridized carbons (Fsp3) is 0.902. The lowest BCUT2D eigenvalue weighted by atomic mass is 9.91. The highest BCUT2D eigenvalue weighted by Gasteiger charge is 2.79. The lowest BCUT2D eigenvalue weighted by Crippen LogP contribution is -2.84. The Balaban J connectivity index is 1.27. The van der Waals surface area contributed by atoms with Crippen LogP contribution in [0.5, 0.6) is 0 Å². The van der Waals surface area contributed by atoms with Crippen LogP contribution in [0, 0.1) is 94.7 Å². The van der Waals surface area contributed by atoms with Crippen molar-refractivity contribution in [3.05, 3.63) is 36.5 Å². The average Bonchev–Trinajstić information content (AvgIpc) is 2.76. The molecular formula is C61H120O12Si10. The first-order valence-electron chi connectivity index (χ1n) is 34.0. The summed E-state index contributed by atoms with van der Waals surface area (Å²) in [6.45, 7) is 46.5. The number of fused-ring (bicyclic) bond motifs is 9. The maximum atomic E-state index is 8.54. The molecule has 3 saturated carbocycles. The molecule has 0 aromatic carbocycles. The number of rotatable bonds is 29. The van der Waals surface area contributed by atoms with Crippen LogP contribution in [0.1, 0.15) is 155 Å². The molecule has 9 unspecified atom stereocenters. The first-order valence-corrected chi connectivity index (χ1v) is 56.9. The second-order valence-electron chi connectivity index (χ2n) is 33.2. The Morgan fingerprint density at radius 1 is 0.313 bits per heavy atom. The van der Waals surface area contributed by atoms with Gasteiger partial charge in [0, 0.05) is 42.3 Å². The SMILES string of the molecule is CC(C)C[Si]1(O[Si](C)(C)CCC2CC3C=CC2C3)O[Si]2(CC(C)C)O[Si](CC(C)C)(O[Si](C)(C)CCC3CC4C=CC3C4)O[Si]3(CC(C)C)O[Si](CC(C)C)(O[Si](C)(C)CCC4CC5C=CC4C5)O[Si](CC(C)C)(O1)O[Si](CC(C)C)(O2)O3. The van der Waals surface area contributed by atoms with E-state index in [0.29, 0.717) is 95.6 Å². The molecule has 0 amide bonds. The van der Waals surface area contributed by atoms with Gasteiger partial charge >= 0.3 is 61.6 Å². The van der Waals surface area contributed by atoms with Crippen molar-refractivity contribution in [2.45, 2.75) is 254 Å². The van der Waals surface area contributed by atoms with E-state index in [9.17, 15) is 0 Å². The third-order valence-corrected chi connectivity index (χ3v) is 65.8. The zero-order valence-electron chi connectivity index (χ0n) is 56.0. The largest absolute Gasteiger partial charge is 0.479 e. The highest BCUT2D eigenvalue weighted by molar-refractivity contribution is 7.01. The Bertz CT molecular complexity index is 2020. The quantitative estimate of drug-likeness (QED) is 0.0525. The van der Waals surface area contributed by atoms with Crippen LogP contribution in [0.4, 0.5) is 0 Å². The molecule has 6 fully saturated rings. The Morgan fingerprint density at radius 2 is 0.530 bits per heavy atom. The van der Waals surface area contributed by atoms with Crippen molar-refractivity contribution < 1.29 is 49.4 Å². The summed E-state index contributed by atoms with van der Waals surface area (Å²) >= 11 is 0. The molecule has 9 aliphatic rings. The van der Waals surface area contributed by atoms with Crippen LogP contribution in [0.2, 0.25) is 99.7 Å². The third-order valence-electron chi connectivity index (χ3n) is 19.3. The van der Waals surface area contributed by atoms with Gasteiger partial charge in [0.2, 0.25) is 0 Å². The first kappa shape index (κ1) is 68.3. The van der Waals surface area contributed by atoms with E-state index in [4.69, 9.17) is 49.4 Å². The predicted molar refractivity (Wildman–Crippen MR) is 358 cm³/mol. The molecule has 0 aromatic heterocycles.